The van der Waals surface area contributed by atoms with E-state index in [9.17, 15) is 9.59 Å². The van der Waals surface area contributed by atoms with Crippen LogP contribution in [0.3, 0.4) is 0 Å². The lowest BCUT2D eigenvalue weighted by Gasteiger charge is -2.28. The van der Waals surface area contributed by atoms with E-state index in [0.717, 1.165) is 17.4 Å². The number of hydrogen-bond acceptors (Lipinski definition) is 4. The van der Waals surface area contributed by atoms with Gasteiger partial charge in [0.1, 0.15) is 0 Å². The van der Waals surface area contributed by atoms with Crippen LogP contribution >= 0.6 is 0 Å². The van der Waals surface area contributed by atoms with Crippen LogP contribution in [-0.4, -0.2) is 24.6 Å². The van der Waals surface area contributed by atoms with Crippen molar-refractivity contribution in [2.75, 3.05) is 6.79 Å². The Hall–Kier alpha value is -2.24. The SMILES string of the molecule is CC(NC(=O)C(=O)NCc1ccc2c(c1)OCO2)C1CC2CCC1C2. The summed E-state index contributed by atoms with van der Waals surface area (Å²) in [6, 6.07) is 5.53. The number of ether oxygens (including phenoxy) is 2. The highest BCUT2D eigenvalue weighted by Gasteiger charge is 2.42. The smallest absolute Gasteiger partial charge is 0.309 e. The average molecular weight is 344 g/mol. The van der Waals surface area contributed by atoms with Gasteiger partial charge in [-0.2, -0.15) is 0 Å². The lowest BCUT2D eigenvalue weighted by atomic mass is 9.84. The summed E-state index contributed by atoms with van der Waals surface area (Å²) in [6.45, 7) is 2.52. The summed E-state index contributed by atoms with van der Waals surface area (Å²) in [5, 5.41) is 5.56. The maximum atomic E-state index is 12.2. The van der Waals surface area contributed by atoms with E-state index < -0.39 is 11.8 Å². The van der Waals surface area contributed by atoms with Crippen molar-refractivity contribution in [3.63, 3.8) is 0 Å². The highest BCUT2D eigenvalue weighted by Crippen LogP contribution is 2.49. The van der Waals surface area contributed by atoms with E-state index in [2.05, 4.69) is 10.6 Å². The number of carbonyl (C=O) groups excluding carboxylic acids is 2. The van der Waals surface area contributed by atoms with Gasteiger partial charge >= 0.3 is 11.8 Å². The number of carbonyl (C=O) groups is 2. The number of amides is 2. The Morgan fingerprint density at radius 2 is 2.00 bits per heavy atom. The molecular weight excluding hydrogens is 320 g/mol. The molecule has 0 radical (unpaired) electrons. The molecule has 4 rings (SSSR count). The summed E-state index contributed by atoms with van der Waals surface area (Å²) in [5.41, 5.74) is 0.867. The fraction of sp³-hybridized carbons (Fsp3) is 0.579. The van der Waals surface area contributed by atoms with Crippen molar-refractivity contribution < 1.29 is 19.1 Å². The van der Waals surface area contributed by atoms with Gasteiger partial charge in [-0.1, -0.05) is 12.5 Å². The molecule has 0 aromatic heterocycles. The Morgan fingerprint density at radius 3 is 2.76 bits per heavy atom. The zero-order valence-corrected chi connectivity index (χ0v) is 14.4. The molecular formula is C19H24N2O4. The predicted octanol–water partition coefficient (Wildman–Crippen LogP) is 1.97. The highest BCUT2D eigenvalue weighted by molar-refractivity contribution is 6.35. The third-order valence-electron chi connectivity index (χ3n) is 5.89. The average Bonchev–Trinajstić information content (AvgIpc) is 3.34. The molecule has 4 atom stereocenters. The second-order valence-electron chi connectivity index (χ2n) is 7.47. The zero-order chi connectivity index (χ0) is 17.4. The number of hydrogen-bond donors (Lipinski definition) is 2. The first kappa shape index (κ1) is 16.2. The summed E-state index contributed by atoms with van der Waals surface area (Å²) in [6.07, 6.45) is 5.08. The fourth-order valence-corrected chi connectivity index (χ4v) is 4.60. The molecule has 0 saturated heterocycles. The molecule has 1 aliphatic heterocycles. The standard InChI is InChI=1S/C19H24N2O4/c1-11(15-7-12-2-4-14(15)6-12)21-19(23)18(22)20-9-13-3-5-16-17(8-13)25-10-24-16/h3,5,8,11-12,14-15H,2,4,6-7,9-10H2,1H3,(H,20,22)(H,21,23). The highest BCUT2D eigenvalue weighted by atomic mass is 16.7. The molecule has 2 aliphatic carbocycles. The lowest BCUT2D eigenvalue weighted by molar-refractivity contribution is -0.140. The van der Waals surface area contributed by atoms with E-state index in [1.807, 2.05) is 19.1 Å². The van der Waals surface area contributed by atoms with Crippen molar-refractivity contribution in [3.05, 3.63) is 23.8 Å². The van der Waals surface area contributed by atoms with Crippen molar-refractivity contribution in [2.45, 2.75) is 45.2 Å². The molecule has 1 heterocycles. The molecule has 2 fully saturated rings. The Bertz CT molecular complexity index is 690. The predicted molar refractivity (Wildman–Crippen MR) is 91.0 cm³/mol. The minimum absolute atomic E-state index is 0.0547. The number of rotatable bonds is 4. The molecule has 2 saturated carbocycles. The summed E-state index contributed by atoms with van der Waals surface area (Å²) in [4.78, 5) is 24.2. The van der Waals surface area contributed by atoms with Gasteiger partial charge in [-0.25, -0.2) is 0 Å². The van der Waals surface area contributed by atoms with Crippen molar-refractivity contribution in [1.82, 2.24) is 10.6 Å². The van der Waals surface area contributed by atoms with Crippen LogP contribution in [0, 0.1) is 17.8 Å². The summed E-state index contributed by atoms with van der Waals surface area (Å²) in [5.74, 6) is 2.30. The van der Waals surface area contributed by atoms with Crippen molar-refractivity contribution in [1.29, 1.82) is 0 Å². The van der Waals surface area contributed by atoms with Crippen LogP contribution in [0.1, 0.15) is 38.2 Å². The van der Waals surface area contributed by atoms with Gasteiger partial charge in [-0.15, -0.1) is 0 Å². The van der Waals surface area contributed by atoms with Gasteiger partial charge in [0.25, 0.3) is 0 Å². The minimum atomic E-state index is -0.590. The van der Waals surface area contributed by atoms with Crippen LogP contribution in [0.4, 0.5) is 0 Å². The van der Waals surface area contributed by atoms with Gasteiger partial charge in [0.15, 0.2) is 11.5 Å². The van der Waals surface area contributed by atoms with E-state index in [4.69, 9.17) is 9.47 Å². The maximum absolute atomic E-state index is 12.2. The topological polar surface area (TPSA) is 76.7 Å². The molecule has 0 spiro atoms. The van der Waals surface area contributed by atoms with E-state index in [0.29, 0.717) is 17.4 Å². The molecule has 2 bridgehead atoms. The summed E-state index contributed by atoms with van der Waals surface area (Å²) in [7, 11) is 0. The Kier molecular flexibility index (Phi) is 4.27. The Labute approximate surface area is 147 Å². The molecule has 6 heteroatoms. The molecule has 1 aromatic carbocycles. The Balaban J connectivity index is 1.27. The second kappa shape index (κ2) is 6.58. The third-order valence-corrected chi connectivity index (χ3v) is 5.89. The molecule has 134 valence electrons. The first-order valence-corrected chi connectivity index (χ1v) is 9.07. The molecule has 6 nitrogen and oxygen atoms in total. The van der Waals surface area contributed by atoms with Crippen LogP contribution in [0.2, 0.25) is 0 Å². The van der Waals surface area contributed by atoms with Gasteiger partial charge in [-0.3, -0.25) is 9.59 Å². The van der Waals surface area contributed by atoms with E-state index in [1.54, 1.807) is 6.07 Å². The van der Waals surface area contributed by atoms with Gasteiger partial charge in [0.05, 0.1) is 0 Å². The molecule has 25 heavy (non-hydrogen) atoms. The van der Waals surface area contributed by atoms with Crippen LogP contribution in [-0.2, 0) is 16.1 Å². The number of benzene rings is 1. The second-order valence-corrected chi connectivity index (χ2v) is 7.47. The quantitative estimate of drug-likeness (QED) is 0.819. The summed E-state index contributed by atoms with van der Waals surface area (Å²) < 4.78 is 10.6. The van der Waals surface area contributed by atoms with E-state index >= 15 is 0 Å². The van der Waals surface area contributed by atoms with Crippen molar-refractivity contribution in [3.8, 4) is 11.5 Å². The minimum Gasteiger partial charge on any atom is -0.454 e. The van der Waals surface area contributed by atoms with Gasteiger partial charge in [0.2, 0.25) is 6.79 Å². The fourth-order valence-electron chi connectivity index (χ4n) is 4.60. The van der Waals surface area contributed by atoms with Crippen LogP contribution < -0.4 is 20.1 Å². The first-order chi connectivity index (χ1) is 12.1. The molecule has 2 amide bonds. The number of fused-ring (bicyclic) bond motifs is 3. The van der Waals surface area contributed by atoms with Crippen LogP contribution in [0.15, 0.2) is 18.2 Å². The molecule has 4 unspecified atom stereocenters. The molecule has 2 N–H and O–H groups in total. The largest absolute Gasteiger partial charge is 0.454 e. The zero-order valence-electron chi connectivity index (χ0n) is 14.4. The third kappa shape index (κ3) is 3.30. The van der Waals surface area contributed by atoms with E-state index in [-0.39, 0.29) is 19.4 Å². The van der Waals surface area contributed by atoms with Crippen molar-refractivity contribution >= 4 is 11.8 Å². The molecule has 3 aliphatic rings. The maximum Gasteiger partial charge on any atom is 0.309 e. The lowest BCUT2D eigenvalue weighted by Crippen LogP contribution is -2.46. The van der Waals surface area contributed by atoms with E-state index in [1.165, 1.54) is 25.7 Å². The van der Waals surface area contributed by atoms with Gasteiger partial charge in [0, 0.05) is 12.6 Å². The number of nitrogens with one attached hydrogen (secondary N) is 2. The normalized spacial score (nSPS) is 27.2. The van der Waals surface area contributed by atoms with Crippen molar-refractivity contribution in [2.24, 2.45) is 17.8 Å². The summed E-state index contributed by atoms with van der Waals surface area (Å²) >= 11 is 0. The monoisotopic (exact) mass is 344 g/mol. The molecule has 1 aromatic rings. The van der Waals surface area contributed by atoms with Gasteiger partial charge in [-0.05, 0) is 61.6 Å². The Morgan fingerprint density at radius 1 is 1.16 bits per heavy atom. The van der Waals surface area contributed by atoms with Crippen LogP contribution in [0.25, 0.3) is 0 Å². The van der Waals surface area contributed by atoms with Crippen LogP contribution in [0.5, 0.6) is 11.5 Å². The first-order valence-electron chi connectivity index (χ1n) is 9.07. The van der Waals surface area contributed by atoms with Gasteiger partial charge < -0.3 is 20.1 Å².